The summed E-state index contributed by atoms with van der Waals surface area (Å²) in [5.74, 6) is 0.875. The Labute approximate surface area is 101 Å². The van der Waals surface area contributed by atoms with Crippen LogP contribution in [0.5, 0.6) is 5.75 Å². The van der Waals surface area contributed by atoms with E-state index in [4.69, 9.17) is 9.15 Å². The van der Waals surface area contributed by atoms with E-state index in [-0.39, 0.29) is 5.78 Å². The Balaban J connectivity index is 2.31. The van der Waals surface area contributed by atoms with E-state index in [0.29, 0.717) is 15.8 Å². The van der Waals surface area contributed by atoms with Gasteiger partial charge in [-0.15, -0.1) is 0 Å². The first-order chi connectivity index (χ1) is 7.72. The first-order valence-corrected chi connectivity index (χ1v) is 5.43. The van der Waals surface area contributed by atoms with E-state index in [1.54, 1.807) is 37.4 Å². The van der Waals surface area contributed by atoms with Gasteiger partial charge in [0.1, 0.15) is 5.75 Å². The number of ether oxygens (including phenoxy) is 1. The van der Waals surface area contributed by atoms with Crippen molar-refractivity contribution in [2.75, 3.05) is 7.11 Å². The van der Waals surface area contributed by atoms with Crippen LogP contribution in [-0.2, 0) is 0 Å². The van der Waals surface area contributed by atoms with Crippen molar-refractivity contribution in [2.45, 2.75) is 0 Å². The number of ketones is 1. The van der Waals surface area contributed by atoms with Crippen LogP contribution < -0.4 is 4.74 Å². The van der Waals surface area contributed by atoms with Gasteiger partial charge in [-0.2, -0.15) is 0 Å². The largest absolute Gasteiger partial charge is 0.497 e. The van der Waals surface area contributed by atoms with E-state index in [0.717, 1.165) is 5.75 Å². The van der Waals surface area contributed by atoms with Crippen LogP contribution in [0.4, 0.5) is 0 Å². The fourth-order valence-corrected chi connectivity index (χ4v) is 1.71. The normalized spacial score (nSPS) is 10.1. The number of carbonyl (C=O) groups excluding carboxylic acids is 1. The van der Waals surface area contributed by atoms with Gasteiger partial charge in [0.05, 0.1) is 17.8 Å². The van der Waals surface area contributed by atoms with E-state index in [1.165, 1.54) is 6.26 Å². The number of halogens is 1. The van der Waals surface area contributed by atoms with Gasteiger partial charge in [0.15, 0.2) is 5.76 Å². The molecule has 0 radical (unpaired) electrons. The molecule has 2 aromatic rings. The summed E-state index contributed by atoms with van der Waals surface area (Å²) in [5.41, 5.74) is 0.566. The molecular weight excluding hydrogens is 272 g/mol. The van der Waals surface area contributed by atoms with E-state index < -0.39 is 0 Å². The Kier molecular flexibility index (Phi) is 3.10. The first kappa shape index (κ1) is 11.0. The van der Waals surface area contributed by atoms with Crippen LogP contribution in [0.25, 0.3) is 0 Å². The van der Waals surface area contributed by atoms with Crippen LogP contribution in [-0.4, -0.2) is 12.9 Å². The standard InChI is InChI=1S/C12H9BrO3/c1-15-9-4-2-8(3-5-9)11(14)12-10(13)6-7-16-12/h2-7H,1H3. The quantitative estimate of drug-likeness (QED) is 0.810. The molecule has 0 saturated heterocycles. The zero-order chi connectivity index (χ0) is 11.5. The number of methoxy groups -OCH3 is 1. The number of hydrogen-bond donors (Lipinski definition) is 0. The lowest BCUT2D eigenvalue weighted by Gasteiger charge is -2.01. The van der Waals surface area contributed by atoms with Crippen molar-refractivity contribution >= 4 is 21.7 Å². The second-order valence-electron chi connectivity index (χ2n) is 3.16. The van der Waals surface area contributed by atoms with Crippen LogP contribution >= 0.6 is 15.9 Å². The number of hydrogen-bond acceptors (Lipinski definition) is 3. The van der Waals surface area contributed by atoms with Crippen molar-refractivity contribution in [3.63, 3.8) is 0 Å². The van der Waals surface area contributed by atoms with Gasteiger partial charge in [-0.25, -0.2) is 0 Å². The van der Waals surface area contributed by atoms with Gasteiger partial charge >= 0.3 is 0 Å². The third-order valence-corrected chi connectivity index (χ3v) is 2.80. The molecule has 82 valence electrons. The summed E-state index contributed by atoms with van der Waals surface area (Å²) in [6.07, 6.45) is 1.47. The van der Waals surface area contributed by atoms with E-state index >= 15 is 0 Å². The molecule has 0 fully saturated rings. The van der Waals surface area contributed by atoms with Crippen molar-refractivity contribution in [1.82, 2.24) is 0 Å². The molecule has 0 unspecified atom stereocenters. The molecule has 0 amide bonds. The lowest BCUT2D eigenvalue weighted by molar-refractivity contribution is 0.101. The predicted molar refractivity (Wildman–Crippen MR) is 62.8 cm³/mol. The van der Waals surface area contributed by atoms with Crippen LogP contribution in [0.15, 0.2) is 45.5 Å². The smallest absolute Gasteiger partial charge is 0.229 e. The van der Waals surface area contributed by atoms with Gasteiger partial charge in [-0.1, -0.05) is 0 Å². The van der Waals surface area contributed by atoms with Crippen molar-refractivity contribution in [3.8, 4) is 5.75 Å². The van der Waals surface area contributed by atoms with Gasteiger partial charge in [-0.3, -0.25) is 4.79 Å². The summed E-state index contributed by atoms with van der Waals surface area (Å²) in [7, 11) is 1.58. The number of benzene rings is 1. The number of furan rings is 1. The molecule has 0 spiro atoms. The molecule has 0 aliphatic heterocycles. The zero-order valence-corrected chi connectivity index (χ0v) is 10.2. The summed E-state index contributed by atoms with van der Waals surface area (Å²) < 4.78 is 10.8. The summed E-state index contributed by atoms with van der Waals surface area (Å²) in [6, 6.07) is 8.58. The van der Waals surface area contributed by atoms with Gasteiger partial charge < -0.3 is 9.15 Å². The Morgan fingerprint density at radius 3 is 2.44 bits per heavy atom. The number of rotatable bonds is 3. The lowest BCUT2D eigenvalue weighted by Crippen LogP contribution is -2.00. The second kappa shape index (κ2) is 4.53. The molecule has 4 heteroatoms. The summed E-state index contributed by atoms with van der Waals surface area (Å²) in [6.45, 7) is 0. The monoisotopic (exact) mass is 280 g/mol. The predicted octanol–water partition coefficient (Wildman–Crippen LogP) is 3.28. The summed E-state index contributed by atoms with van der Waals surface area (Å²) >= 11 is 3.25. The molecule has 0 aliphatic rings. The Morgan fingerprint density at radius 2 is 1.94 bits per heavy atom. The highest BCUT2D eigenvalue weighted by Gasteiger charge is 2.15. The maximum absolute atomic E-state index is 12.0. The van der Waals surface area contributed by atoms with Crippen LogP contribution in [0.1, 0.15) is 16.1 Å². The number of carbonyl (C=O) groups is 1. The lowest BCUT2D eigenvalue weighted by atomic mass is 10.1. The van der Waals surface area contributed by atoms with Crippen molar-refractivity contribution < 1.29 is 13.9 Å². The minimum atomic E-state index is -0.153. The third-order valence-electron chi connectivity index (χ3n) is 2.18. The van der Waals surface area contributed by atoms with E-state index in [2.05, 4.69) is 15.9 Å². The minimum absolute atomic E-state index is 0.153. The molecule has 1 heterocycles. The maximum Gasteiger partial charge on any atom is 0.229 e. The molecular formula is C12H9BrO3. The third kappa shape index (κ3) is 2.02. The minimum Gasteiger partial charge on any atom is -0.497 e. The van der Waals surface area contributed by atoms with Gasteiger partial charge in [0.2, 0.25) is 5.78 Å². The average Bonchev–Trinajstić information content (AvgIpc) is 2.75. The van der Waals surface area contributed by atoms with E-state index in [9.17, 15) is 4.79 Å². The van der Waals surface area contributed by atoms with Crippen LogP contribution in [0.2, 0.25) is 0 Å². The highest BCUT2D eigenvalue weighted by atomic mass is 79.9. The Bertz CT molecular complexity index is 499. The molecule has 2 rings (SSSR count). The molecule has 0 saturated carbocycles. The highest BCUT2D eigenvalue weighted by molar-refractivity contribution is 9.10. The maximum atomic E-state index is 12.0. The molecule has 0 N–H and O–H groups in total. The zero-order valence-electron chi connectivity index (χ0n) is 8.57. The van der Waals surface area contributed by atoms with Gasteiger partial charge in [0.25, 0.3) is 0 Å². The van der Waals surface area contributed by atoms with E-state index in [1.807, 2.05) is 0 Å². The fourth-order valence-electron chi connectivity index (χ4n) is 1.33. The summed E-state index contributed by atoms with van der Waals surface area (Å²) in [4.78, 5) is 12.0. The summed E-state index contributed by atoms with van der Waals surface area (Å²) in [5, 5.41) is 0. The fraction of sp³-hybridized carbons (Fsp3) is 0.0833. The molecule has 0 aliphatic carbocycles. The van der Waals surface area contributed by atoms with Crippen LogP contribution in [0.3, 0.4) is 0 Å². The van der Waals surface area contributed by atoms with Crippen LogP contribution in [0, 0.1) is 0 Å². The Hall–Kier alpha value is -1.55. The van der Waals surface area contributed by atoms with Crippen molar-refractivity contribution in [3.05, 3.63) is 52.4 Å². The van der Waals surface area contributed by atoms with Crippen molar-refractivity contribution in [2.24, 2.45) is 0 Å². The highest BCUT2D eigenvalue weighted by Crippen LogP contribution is 2.22. The average molecular weight is 281 g/mol. The topological polar surface area (TPSA) is 39.4 Å². The first-order valence-electron chi connectivity index (χ1n) is 4.64. The molecule has 1 aromatic carbocycles. The SMILES string of the molecule is COc1ccc(C(=O)c2occc2Br)cc1. The van der Waals surface area contributed by atoms with Crippen molar-refractivity contribution in [1.29, 1.82) is 0 Å². The molecule has 0 bridgehead atoms. The molecule has 16 heavy (non-hydrogen) atoms. The molecule has 1 aromatic heterocycles. The Morgan fingerprint density at radius 1 is 1.25 bits per heavy atom. The molecule has 0 atom stereocenters. The second-order valence-corrected chi connectivity index (χ2v) is 4.01. The van der Waals surface area contributed by atoms with Gasteiger partial charge in [-0.05, 0) is 46.3 Å². The van der Waals surface area contributed by atoms with Gasteiger partial charge in [0, 0.05) is 5.56 Å². The molecule has 3 nitrogen and oxygen atoms in total.